The number of aliphatic carboxylic acids is 1. The summed E-state index contributed by atoms with van der Waals surface area (Å²) in [5.74, 6) is -2.24. The van der Waals surface area contributed by atoms with Crippen LogP contribution in [0.5, 0.6) is 0 Å². The molecular weight excluding hydrogens is 517 g/mol. The van der Waals surface area contributed by atoms with Gasteiger partial charge in [-0.15, -0.1) is 0 Å². The van der Waals surface area contributed by atoms with Gasteiger partial charge in [-0.3, -0.25) is 4.79 Å². The van der Waals surface area contributed by atoms with Crippen LogP contribution in [0.15, 0.2) is 84.9 Å². The van der Waals surface area contributed by atoms with Crippen molar-refractivity contribution in [2.75, 3.05) is 7.11 Å². The van der Waals surface area contributed by atoms with Gasteiger partial charge in [-0.05, 0) is 28.8 Å². The van der Waals surface area contributed by atoms with Crippen molar-refractivity contribution < 1.29 is 42.1 Å². The summed E-state index contributed by atoms with van der Waals surface area (Å²) in [7, 11) is 1.13. The summed E-state index contributed by atoms with van der Waals surface area (Å²) < 4.78 is 49.1. The Morgan fingerprint density at radius 1 is 0.846 bits per heavy atom. The number of nitrogens with one attached hydrogen (secondary N) is 1. The number of alkyl halides is 3. The molecule has 0 fully saturated rings. The van der Waals surface area contributed by atoms with E-state index in [1.807, 2.05) is 0 Å². The van der Waals surface area contributed by atoms with E-state index in [1.165, 1.54) is 0 Å². The first-order chi connectivity index (χ1) is 18.6. The SMILES string of the molecule is COC(=O)[C@H](Cc1ccccc1)N(N[C@@H](Cc1ccc(C(F)(F)F)cc1)C(=O)O)C(=O)OCc1ccccc1. The van der Waals surface area contributed by atoms with E-state index in [-0.39, 0.29) is 25.0 Å². The predicted molar refractivity (Wildman–Crippen MR) is 134 cm³/mol. The Hall–Kier alpha value is -4.38. The maximum Gasteiger partial charge on any atom is 0.425 e. The molecular formula is C28H27F3N2O6. The summed E-state index contributed by atoms with van der Waals surface area (Å²) in [6.07, 6.45) is -5.92. The maximum atomic E-state index is 13.2. The second kappa shape index (κ2) is 13.4. The summed E-state index contributed by atoms with van der Waals surface area (Å²) in [4.78, 5) is 38.2. The topological polar surface area (TPSA) is 105 Å². The fourth-order valence-electron chi connectivity index (χ4n) is 3.73. The van der Waals surface area contributed by atoms with Gasteiger partial charge in [0.25, 0.3) is 0 Å². The number of carboxylic acids is 1. The molecule has 0 aliphatic rings. The van der Waals surface area contributed by atoms with Gasteiger partial charge in [0.15, 0.2) is 6.04 Å². The molecule has 0 heterocycles. The van der Waals surface area contributed by atoms with E-state index in [0.29, 0.717) is 11.1 Å². The summed E-state index contributed by atoms with van der Waals surface area (Å²) >= 11 is 0. The number of carbonyl (C=O) groups excluding carboxylic acids is 2. The minimum absolute atomic E-state index is 0.0342. The van der Waals surface area contributed by atoms with Gasteiger partial charge in [-0.1, -0.05) is 72.8 Å². The van der Waals surface area contributed by atoms with Crippen molar-refractivity contribution in [3.05, 3.63) is 107 Å². The molecule has 0 radical (unpaired) electrons. The minimum Gasteiger partial charge on any atom is -0.480 e. The molecule has 1 amide bonds. The predicted octanol–water partition coefficient (Wildman–Crippen LogP) is 4.63. The van der Waals surface area contributed by atoms with E-state index < -0.39 is 41.9 Å². The first-order valence-corrected chi connectivity index (χ1v) is 11.8. The fourth-order valence-corrected chi connectivity index (χ4v) is 3.73. The number of esters is 1. The van der Waals surface area contributed by atoms with Gasteiger partial charge < -0.3 is 14.6 Å². The first kappa shape index (κ1) is 29.2. The number of methoxy groups -OCH3 is 1. The minimum atomic E-state index is -4.55. The Bertz CT molecular complexity index is 1240. The highest BCUT2D eigenvalue weighted by Gasteiger charge is 2.36. The Kier molecular flexibility index (Phi) is 10.0. The van der Waals surface area contributed by atoms with Crippen LogP contribution in [0.2, 0.25) is 0 Å². The zero-order chi connectivity index (χ0) is 28.4. The van der Waals surface area contributed by atoms with Crippen LogP contribution >= 0.6 is 0 Å². The van der Waals surface area contributed by atoms with Crippen LogP contribution in [-0.4, -0.2) is 47.3 Å². The number of carboxylic acid groups (broad SMARTS) is 1. The van der Waals surface area contributed by atoms with Gasteiger partial charge in [-0.25, -0.2) is 20.0 Å². The highest BCUT2D eigenvalue weighted by Crippen LogP contribution is 2.29. The molecule has 8 nitrogen and oxygen atoms in total. The molecule has 0 aliphatic carbocycles. The molecule has 2 atom stereocenters. The molecule has 0 aliphatic heterocycles. The number of hydrazine groups is 1. The molecule has 11 heteroatoms. The monoisotopic (exact) mass is 544 g/mol. The van der Waals surface area contributed by atoms with Crippen LogP contribution < -0.4 is 5.43 Å². The standard InChI is InChI=1S/C28H27F3N2O6/c1-38-26(36)24(17-19-8-4-2-5-9-19)33(27(37)39-18-21-10-6-3-7-11-21)32-23(25(34)35)16-20-12-14-22(15-13-20)28(29,30)31/h2-15,23-24,32H,16-18H2,1H3,(H,34,35)/t23-,24-/m0/s1. The van der Waals surface area contributed by atoms with Crippen LogP contribution in [0, 0.1) is 0 Å². The highest BCUT2D eigenvalue weighted by molar-refractivity contribution is 5.82. The van der Waals surface area contributed by atoms with Gasteiger partial charge in [0, 0.05) is 12.8 Å². The number of amides is 1. The van der Waals surface area contributed by atoms with E-state index in [9.17, 15) is 32.7 Å². The highest BCUT2D eigenvalue weighted by atomic mass is 19.4. The third-order valence-electron chi connectivity index (χ3n) is 5.77. The molecule has 0 spiro atoms. The summed E-state index contributed by atoms with van der Waals surface area (Å²) in [6, 6.07) is 18.6. The third kappa shape index (κ3) is 8.57. The van der Waals surface area contributed by atoms with Crippen LogP contribution in [0.25, 0.3) is 0 Å². The van der Waals surface area contributed by atoms with Crippen molar-refractivity contribution in [1.29, 1.82) is 0 Å². The van der Waals surface area contributed by atoms with Gasteiger partial charge >= 0.3 is 24.2 Å². The molecule has 3 aromatic rings. The number of carbonyl (C=O) groups is 3. The average molecular weight is 545 g/mol. The van der Waals surface area contributed by atoms with Crippen LogP contribution in [-0.2, 0) is 44.7 Å². The lowest BCUT2D eigenvalue weighted by Gasteiger charge is -2.32. The molecule has 39 heavy (non-hydrogen) atoms. The zero-order valence-corrected chi connectivity index (χ0v) is 20.9. The first-order valence-electron chi connectivity index (χ1n) is 11.8. The van der Waals surface area contributed by atoms with Gasteiger partial charge in [0.05, 0.1) is 12.7 Å². The molecule has 2 N–H and O–H groups in total. The smallest absolute Gasteiger partial charge is 0.425 e. The quantitative estimate of drug-likeness (QED) is 0.268. The second-order valence-electron chi connectivity index (χ2n) is 8.56. The van der Waals surface area contributed by atoms with Crippen molar-refractivity contribution in [1.82, 2.24) is 10.4 Å². The molecule has 0 saturated carbocycles. The van der Waals surface area contributed by atoms with Gasteiger partial charge in [0.1, 0.15) is 12.6 Å². The normalized spacial score (nSPS) is 12.7. The van der Waals surface area contributed by atoms with E-state index >= 15 is 0 Å². The Labute approximate surface area is 222 Å². The van der Waals surface area contributed by atoms with Gasteiger partial charge in [0.2, 0.25) is 0 Å². The fraction of sp³-hybridized carbons (Fsp3) is 0.250. The number of ether oxygens (including phenoxy) is 2. The number of nitrogens with zero attached hydrogens (tertiary/aromatic N) is 1. The Morgan fingerprint density at radius 2 is 1.38 bits per heavy atom. The number of hydrogen-bond donors (Lipinski definition) is 2. The number of hydrogen-bond acceptors (Lipinski definition) is 6. The van der Waals surface area contributed by atoms with Crippen molar-refractivity contribution in [2.24, 2.45) is 0 Å². The summed E-state index contributed by atoms with van der Waals surface area (Å²) in [5, 5.41) is 10.7. The molecule has 0 bridgehead atoms. The number of rotatable bonds is 11. The molecule has 0 saturated heterocycles. The van der Waals surface area contributed by atoms with Crippen molar-refractivity contribution >= 4 is 18.0 Å². The molecule has 0 unspecified atom stereocenters. The summed E-state index contributed by atoms with van der Waals surface area (Å²) in [6.45, 7) is -0.159. The van der Waals surface area contributed by atoms with Crippen LogP contribution in [0.3, 0.4) is 0 Å². The Balaban J connectivity index is 1.89. The lowest BCUT2D eigenvalue weighted by Crippen LogP contribution is -2.59. The van der Waals surface area contributed by atoms with E-state index in [1.54, 1.807) is 60.7 Å². The second-order valence-corrected chi connectivity index (χ2v) is 8.56. The number of halogens is 3. The summed E-state index contributed by atoms with van der Waals surface area (Å²) in [5.41, 5.74) is 3.25. The molecule has 206 valence electrons. The molecule has 3 aromatic carbocycles. The maximum absolute atomic E-state index is 13.2. The van der Waals surface area contributed by atoms with Crippen molar-refractivity contribution in [3.8, 4) is 0 Å². The Morgan fingerprint density at radius 3 is 1.90 bits per heavy atom. The number of benzene rings is 3. The third-order valence-corrected chi connectivity index (χ3v) is 5.77. The largest absolute Gasteiger partial charge is 0.480 e. The zero-order valence-electron chi connectivity index (χ0n) is 20.9. The average Bonchev–Trinajstić information content (AvgIpc) is 2.93. The molecule has 3 rings (SSSR count). The van der Waals surface area contributed by atoms with E-state index in [0.717, 1.165) is 36.4 Å². The van der Waals surface area contributed by atoms with Gasteiger partial charge in [-0.2, -0.15) is 13.2 Å². The lowest BCUT2D eigenvalue weighted by molar-refractivity contribution is -0.150. The van der Waals surface area contributed by atoms with E-state index in [2.05, 4.69) is 5.43 Å². The van der Waals surface area contributed by atoms with Crippen LogP contribution in [0.1, 0.15) is 22.3 Å². The van der Waals surface area contributed by atoms with Crippen molar-refractivity contribution in [2.45, 2.75) is 37.7 Å². The van der Waals surface area contributed by atoms with E-state index in [4.69, 9.17) is 9.47 Å². The molecule has 0 aromatic heterocycles. The van der Waals surface area contributed by atoms with Crippen LogP contribution in [0.4, 0.5) is 18.0 Å². The van der Waals surface area contributed by atoms with Crippen molar-refractivity contribution in [3.63, 3.8) is 0 Å². The lowest BCUT2D eigenvalue weighted by atomic mass is 10.0.